The van der Waals surface area contributed by atoms with Gasteiger partial charge >= 0.3 is 0 Å². The summed E-state index contributed by atoms with van der Waals surface area (Å²) in [6.45, 7) is 6.19. The van der Waals surface area contributed by atoms with E-state index in [1.165, 1.54) is 4.90 Å². The van der Waals surface area contributed by atoms with Crippen molar-refractivity contribution in [3.63, 3.8) is 0 Å². The van der Waals surface area contributed by atoms with Gasteiger partial charge in [0, 0.05) is 13.1 Å². The molecule has 0 radical (unpaired) electrons. The molecule has 0 aliphatic heterocycles. The van der Waals surface area contributed by atoms with Gasteiger partial charge in [0.2, 0.25) is 5.91 Å². The number of rotatable bonds is 8. The average molecular weight is 389 g/mol. The molecule has 2 aromatic carbocycles. The fourth-order valence-corrected chi connectivity index (χ4v) is 2.89. The fourth-order valence-electron chi connectivity index (χ4n) is 2.70. The van der Waals surface area contributed by atoms with Gasteiger partial charge in [-0.2, -0.15) is 0 Å². The lowest BCUT2D eigenvalue weighted by molar-refractivity contribution is -0.142. The highest BCUT2D eigenvalue weighted by Crippen LogP contribution is 2.23. The number of likely N-dealkylation sites (N-methyl/N-ethyl adjacent to an activating group) is 1. The lowest BCUT2D eigenvalue weighted by Crippen LogP contribution is -2.49. The van der Waals surface area contributed by atoms with Gasteiger partial charge in [0.25, 0.3) is 5.91 Å². The molecule has 144 valence electrons. The Bertz CT molecular complexity index is 795. The molecule has 0 aromatic heterocycles. The number of carbonyl (C=O) groups is 2. The molecule has 0 fully saturated rings. The molecule has 2 aromatic rings. The predicted molar refractivity (Wildman–Crippen MR) is 107 cm³/mol. The standard InChI is InChI=1S/C21H25ClN2O3/c1-4-23-21(26)16(3)24(13-17-9-7-8-15(2)12-17)20(25)14-27-19-11-6-5-10-18(19)22/h5-12,16H,4,13-14H2,1-3H3,(H,23,26)/t16-/m0/s1. The van der Waals surface area contributed by atoms with Crippen LogP contribution in [0.3, 0.4) is 0 Å². The molecule has 27 heavy (non-hydrogen) atoms. The number of hydrogen-bond acceptors (Lipinski definition) is 3. The van der Waals surface area contributed by atoms with Gasteiger partial charge in [-0.3, -0.25) is 9.59 Å². The predicted octanol–water partition coefficient (Wildman–Crippen LogP) is 3.58. The zero-order chi connectivity index (χ0) is 19.8. The molecule has 0 unspecified atom stereocenters. The van der Waals surface area contributed by atoms with E-state index in [4.69, 9.17) is 16.3 Å². The van der Waals surface area contributed by atoms with Crippen LogP contribution < -0.4 is 10.1 Å². The second kappa shape index (κ2) is 9.97. The first kappa shape index (κ1) is 20.8. The van der Waals surface area contributed by atoms with Crippen molar-refractivity contribution >= 4 is 23.4 Å². The van der Waals surface area contributed by atoms with Crippen LogP contribution in [0.4, 0.5) is 0 Å². The lowest BCUT2D eigenvalue weighted by Gasteiger charge is -2.28. The fraction of sp³-hybridized carbons (Fsp3) is 0.333. The maximum absolute atomic E-state index is 12.8. The molecule has 2 rings (SSSR count). The number of para-hydroxylation sites is 1. The highest BCUT2D eigenvalue weighted by molar-refractivity contribution is 6.32. The van der Waals surface area contributed by atoms with E-state index in [0.29, 0.717) is 23.9 Å². The Kier molecular flexibility index (Phi) is 7.67. The number of hydrogen-bond donors (Lipinski definition) is 1. The van der Waals surface area contributed by atoms with Crippen molar-refractivity contribution in [2.75, 3.05) is 13.2 Å². The van der Waals surface area contributed by atoms with Crippen LogP contribution in [0.1, 0.15) is 25.0 Å². The summed E-state index contributed by atoms with van der Waals surface area (Å²) in [6, 6.07) is 14.2. The van der Waals surface area contributed by atoms with Gasteiger partial charge in [0.1, 0.15) is 11.8 Å². The number of nitrogens with one attached hydrogen (secondary N) is 1. The molecule has 6 heteroatoms. The van der Waals surface area contributed by atoms with Crippen molar-refractivity contribution in [1.29, 1.82) is 0 Å². The zero-order valence-electron chi connectivity index (χ0n) is 15.9. The van der Waals surface area contributed by atoms with Crippen LogP contribution in [0, 0.1) is 6.92 Å². The molecule has 0 bridgehead atoms. The highest BCUT2D eigenvalue weighted by atomic mass is 35.5. The van der Waals surface area contributed by atoms with Gasteiger partial charge in [-0.1, -0.05) is 53.6 Å². The van der Waals surface area contributed by atoms with Crippen LogP contribution in [0.5, 0.6) is 5.75 Å². The van der Waals surface area contributed by atoms with E-state index < -0.39 is 6.04 Å². The number of aryl methyl sites for hydroxylation is 1. The molecule has 0 spiro atoms. The number of halogens is 1. The summed E-state index contributed by atoms with van der Waals surface area (Å²) in [4.78, 5) is 26.7. The second-order valence-corrected chi connectivity index (χ2v) is 6.71. The minimum atomic E-state index is -0.618. The summed E-state index contributed by atoms with van der Waals surface area (Å²) in [5.41, 5.74) is 2.05. The van der Waals surface area contributed by atoms with E-state index in [1.807, 2.05) is 38.1 Å². The average Bonchev–Trinajstić information content (AvgIpc) is 2.65. The van der Waals surface area contributed by atoms with Crippen LogP contribution in [0.25, 0.3) is 0 Å². The van der Waals surface area contributed by atoms with Gasteiger partial charge in [0.15, 0.2) is 6.61 Å². The number of ether oxygens (including phenoxy) is 1. The molecule has 0 aliphatic rings. The number of amides is 2. The summed E-state index contributed by atoms with van der Waals surface area (Å²) in [6.07, 6.45) is 0. The molecule has 1 N–H and O–H groups in total. The number of carbonyl (C=O) groups excluding carboxylic acids is 2. The Morgan fingerprint density at radius 1 is 1.19 bits per heavy atom. The SMILES string of the molecule is CCNC(=O)[C@H](C)N(Cc1cccc(C)c1)C(=O)COc1ccccc1Cl. The second-order valence-electron chi connectivity index (χ2n) is 6.30. The van der Waals surface area contributed by atoms with Crippen molar-refractivity contribution in [3.8, 4) is 5.75 Å². The molecule has 0 saturated heterocycles. The number of benzene rings is 2. The first-order valence-electron chi connectivity index (χ1n) is 8.92. The maximum Gasteiger partial charge on any atom is 0.261 e. The smallest absolute Gasteiger partial charge is 0.261 e. The van der Waals surface area contributed by atoms with Crippen LogP contribution in [0.2, 0.25) is 5.02 Å². The summed E-state index contributed by atoms with van der Waals surface area (Å²) >= 11 is 6.07. The van der Waals surface area contributed by atoms with Crippen molar-refractivity contribution in [2.45, 2.75) is 33.4 Å². The Morgan fingerprint density at radius 2 is 1.93 bits per heavy atom. The van der Waals surface area contributed by atoms with Crippen molar-refractivity contribution in [1.82, 2.24) is 10.2 Å². The third kappa shape index (κ3) is 6.00. The summed E-state index contributed by atoms with van der Waals surface area (Å²) in [5.74, 6) is -0.0416. The minimum Gasteiger partial charge on any atom is -0.482 e. The Labute approximate surface area is 165 Å². The topological polar surface area (TPSA) is 58.6 Å². The molecular formula is C21H25ClN2O3. The molecule has 0 saturated carbocycles. The quantitative estimate of drug-likeness (QED) is 0.751. The van der Waals surface area contributed by atoms with Crippen molar-refractivity contribution < 1.29 is 14.3 Å². The Hall–Kier alpha value is -2.53. The number of nitrogens with zero attached hydrogens (tertiary/aromatic N) is 1. The summed E-state index contributed by atoms with van der Waals surface area (Å²) in [7, 11) is 0. The summed E-state index contributed by atoms with van der Waals surface area (Å²) < 4.78 is 5.58. The Morgan fingerprint density at radius 3 is 2.59 bits per heavy atom. The highest BCUT2D eigenvalue weighted by Gasteiger charge is 2.26. The van der Waals surface area contributed by atoms with Gasteiger partial charge < -0.3 is 15.0 Å². The van der Waals surface area contributed by atoms with Crippen molar-refractivity contribution in [3.05, 3.63) is 64.7 Å². The first-order valence-corrected chi connectivity index (χ1v) is 9.30. The van der Waals surface area contributed by atoms with Crippen LogP contribution in [-0.4, -0.2) is 35.9 Å². The van der Waals surface area contributed by atoms with Gasteiger partial charge in [-0.25, -0.2) is 0 Å². The summed E-state index contributed by atoms with van der Waals surface area (Å²) in [5, 5.41) is 3.20. The zero-order valence-corrected chi connectivity index (χ0v) is 16.6. The molecule has 2 amide bonds. The van der Waals surface area contributed by atoms with Crippen LogP contribution in [-0.2, 0) is 16.1 Å². The first-order chi connectivity index (χ1) is 12.9. The third-order valence-corrected chi connectivity index (χ3v) is 4.45. The van der Waals surface area contributed by atoms with E-state index in [1.54, 1.807) is 31.2 Å². The van der Waals surface area contributed by atoms with Crippen LogP contribution in [0.15, 0.2) is 48.5 Å². The van der Waals surface area contributed by atoms with Crippen molar-refractivity contribution in [2.24, 2.45) is 0 Å². The molecule has 5 nitrogen and oxygen atoms in total. The lowest BCUT2D eigenvalue weighted by atomic mass is 10.1. The Balaban J connectivity index is 2.15. The van der Waals surface area contributed by atoms with Gasteiger partial charge in [-0.15, -0.1) is 0 Å². The van der Waals surface area contributed by atoms with Crippen LogP contribution >= 0.6 is 11.6 Å². The van der Waals surface area contributed by atoms with E-state index in [2.05, 4.69) is 5.32 Å². The van der Waals surface area contributed by atoms with E-state index in [9.17, 15) is 9.59 Å². The van der Waals surface area contributed by atoms with Gasteiger partial charge in [-0.05, 0) is 38.5 Å². The third-order valence-electron chi connectivity index (χ3n) is 4.14. The molecular weight excluding hydrogens is 364 g/mol. The van der Waals surface area contributed by atoms with Gasteiger partial charge in [0.05, 0.1) is 5.02 Å². The largest absolute Gasteiger partial charge is 0.482 e. The molecule has 1 atom stereocenters. The normalized spacial score (nSPS) is 11.6. The van der Waals surface area contributed by atoms with E-state index >= 15 is 0 Å². The monoisotopic (exact) mass is 388 g/mol. The van der Waals surface area contributed by atoms with E-state index in [-0.39, 0.29) is 18.4 Å². The van der Waals surface area contributed by atoms with E-state index in [0.717, 1.165) is 11.1 Å². The minimum absolute atomic E-state index is 0.195. The molecule has 0 heterocycles. The maximum atomic E-state index is 12.8. The molecule has 0 aliphatic carbocycles.